The molecule has 0 aliphatic carbocycles. The highest BCUT2D eigenvalue weighted by Gasteiger charge is 2.11. The number of hydrogen-bond donors (Lipinski definition) is 2. The van der Waals surface area contributed by atoms with E-state index in [1.54, 1.807) is 12.3 Å². The van der Waals surface area contributed by atoms with Crippen LogP contribution in [0, 0.1) is 6.92 Å². The second-order valence-corrected chi connectivity index (χ2v) is 6.64. The van der Waals surface area contributed by atoms with Crippen LogP contribution in [0.3, 0.4) is 0 Å². The minimum atomic E-state index is -0.766. The standard InChI is InChI=1S/C14H23NO2S/c1-10-5-6-13(14(16)9-10)12(3)15-8-7-11(2)18(4)17/h5-6,9,11-12,15-16H,7-8H2,1-4H3. The summed E-state index contributed by atoms with van der Waals surface area (Å²) in [7, 11) is -0.766. The second-order valence-electron chi connectivity index (χ2n) is 4.84. The van der Waals surface area contributed by atoms with Crippen LogP contribution in [0.25, 0.3) is 0 Å². The maximum absolute atomic E-state index is 11.2. The minimum absolute atomic E-state index is 0.100. The number of rotatable bonds is 6. The lowest BCUT2D eigenvalue weighted by molar-refractivity contribution is 0.451. The number of benzene rings is 1. The third kappa shape index (κ3) is 4.42. The van der Waals surface area contributed by atoms with Crippen LogP contribution in [0.15, 0.2) is 18.2 Å². The Morgan fingerprint density at radius 2 is 2.06 bits per heavy atom. The highest BCUT2D eigenvalue weighted by atomic mass is 32.2. The molecule has 0 radical (unpaired) electrons. The summed E-state index contributed by atoms with van der Waals surface area (Å²) in [5.74, 6) is 0.335. The summed E-state index contributed by atoms with van der Waals surface area (Å²) >= 11 is 0. The number of hydrogen-bond acceptors (Lipinski definition) is 3. The van der Waals surface area contributed by atoms with E-state index in [0.717, 1.165) is 24.1 Å². The molecule has 0 bridgehead atoms. The Morgan fingerprint density at radius 1 is 1.39 bits per heavy atom. The minimum Gasteiger partial charge on any atom is -0.508 e. The topological polar surface area (TPSA) is 49.3 Å². The van der Waals surface area contributed by atoms with Crippen LogP contribution in [0.2, 0.25) is 0 Å². The fourth-order valence-corrected chi connectivity index (χ4v) is 2.25. The Labute approximate surface area is 112 Å². The molecule has 3 atom stereocenters. The summed E-state index contributed by atoms with van der Waals surface area (Å²) < 4.78 is 11.2. The largest absolute Gasteiger partial charge is 0.508 e. The van der Waals surface area contributed by atoms with Gasteiger partial charge in [0.1, 0.15) is 5.75 Å². The molecule has 0 heterocycles. The van der Waals surface area contributed by atoms with Gasteiger partial charge in [0.2, 0.25) is 0 Å². The van der Waals surface area contributed by atoms with Crippen molar-refractivity contribution >= 4 is 10.8 Å². The van der Waals surface area contributed by atoms with Crippen molar-refractivity contribution < 1.29 is 9.32 Å². The SMILES string of the molecule is Cc1ccc(C(C)NCCC(C)S(C)=O)c(O)c1. The molecule has 0 saturated carbocycles. The van der Waals surface area contributed by atoms with Crippen LogP contribution >= 0.6 is 0 Å². The van der Waals surface area contributed by atoms with E-state index in [2.05, 4.69) is 5.32 Å². The predicted molar refractivity (Wildman–Crippen MR) is 77.4 cm³/mol. The summed E-state index contributed by atoms with van der Waals surface area (Å²) in [6, 6.07) is 5.82. The molecule has 2 N–H and O–H groups in total. The first-order valence-corrected chi connectivity index (χ1v) is 7.89. The van der Waals surface area contributed by atoms with Crippen molar-refractivity contribution in [1.29, 1.82) is 0 Å². The van der Waals surface area contributed by atoms with Gasteiger partial charge in [-0.1, -0.05) is 19.1 Å². The zero-order valence-electron chi connectivity index (χ0n) is 11.6. The molecule has 3 nitrogen and oxygen atoms in total. The van der Waals surface area contributed by atoms with Crippen LogP contribution in [-0.4, -0.2) is 27.4 Å². The lowest BCUT2D eigenvalue weighted by atomic mass is 10.0. The second kappa shape index (κ2) is 6.90. The molecule has 1 aromatic carbocycles. The number of phenolic OH excluding ortho intramolecular Hbond substituents is 1. The van der Waals surface area contributed by atoms with E-state index in [4.69, 9.17) is 0 Å². The smallest absolute Gasteiger partial charge is 0.120 e. The summed E-state index contributed by atoms with van der Waals surface area (Å²) in [6.07, 6.45) is 2.61. The highest BCUT2D eigenvalue weighted by Crippen LogP contribution is 2.24. The van der Waals surface area contributed by atoms with Crippen LogP contribution in [0.1, 0.15) is 37.4 Å². The number of nitrogens with one attached hydrogen (secondary N) is 1. The molecule has 1 aromatic rings. The molecule has 0 saturated heterocycles. The van der Waals surface area contributed by atoms with Gasteiger partial charge in [-0.25, -0.2) is 0 Å². The van der Waals surface area contributed by atoms with Crippen molar-refractivity contribution in [3.63, 3.8) is 0 Å². The molecule has 18 heavy (non-hydrogen) atoms. The zero-order valence-corrected chi connectivity index (χ0v) is 12.4. The summed E-state index contributed by atoms with van der Waals surface area (Å²) in [5, 5.41) is 13.4. The summed E-state index contributed by atoms with van der Waals surface area (Å²) in [6.45, 7) is 6.78. The first-order chi connectivity index (χ1) is 8.41. The Bertz CT molecular complexity index is 420. The molecule has 0 fully saturated rings. The van der Waals surface area contributed by atoms with E-state index in [1.165, 1.54) is 0 Å². The summed E-state index contributed by atoms with van der Waals surface area (Å²) in [5.41, 5.74) is 1.96. The van der Waals surface area contributed by atoms with Crippen molar-refractivity contribution in [3.05, 3.63) is 29.3 Å². The van der Waals surface area contributed by atoms with Gasteiger partial charge >= 0.3 is 0 Å². The average molecular weight is 269 g/mol. The van der Waals surface area contributed by atoms with E-state index in [1.807, 2.05) is 32.9 Å². The Hall–Kier alpha value is -0.870. The fourth-order valence-electron chi connectivity index (χ4n) is 1.80. The third-order valence-electron chi connectivity index (χ3n) is 3.22. The maximum Gasteiger partial charge on any atom is 0.120 e. The molecule has 0 aromatic heterocycles. The number of aryl methyl sites for hydroxylation is 1. The van der Waals surface area contributed by atoms with Gasteiger partial charge < -0.3 is 10.4 Å². The van der Waals surface area contributed by atoms with Gasteiger partial charge in [0.05, 0.1) is 0 Å². The fraction of sp³-hybridized carbons (Fsp3) is 0.571. The molecular weight excluding hydrogens is 246 g/mol. The zero-order chi connectivity index (χ0) is 13.7. The van der Waals surface area contributed by atoms with E-state index in [-0.39, 0.29) is 11.3 Å². The summed E-state index contributed by atoms with van der Waals surface area (Å²) in [4.78, 5) is 0. The number of phenols is 1. The molecule has 1 rings (SSSR count). The molecule has 0 spiro atoms. The molecule has 4 heteroatoms. The van der Waals surface area contributed by atoms with Crippen LogP contribution in [0.4, 0.5) is 0 Å². The first kappa shape index (κ1) is 15.2. The highest BCUT2D eigenvalue weighted by molar-refractivity contribution is 7.84. The van der Waals surface area contributed by atoms with E-state index >= 15 is 0 Å². The van der Waals surface area contributed by atoms with Crippen LogP contribution in [-0.2, 0) is 10.8 Å². The van der Waals surface area contributed by atoms with E-state index < -0.39 is 10.8 Å². The van der Waals surface area contributed by atoms with Gasteiger partial charge in [0.25, 0.3) is 0 Å². The molecule has 0 amide bonds. The van der Waals surface area contributed by atoms with Gasteiger partial charge in [0.15, 0.2) is 0 Å². The Kier molecular flexibility index (Phi) is 5.82. The molecule has 0 aliphatic heterocycles. The quantitative estimate of drug-likeness (QED) is 0.834. The van der Waals surface area contributed by atoms with E-state index in [9.17, 15) is 9.32 Å². The maximum atomic E-state index is 11.2. The molecule has 0 aliphatic rings. The lowest BCUT2D eigenvalue weighted by Gasteiger charge is -2.17. The molecule has 102 valence electrons. The normalized spacial score (nSPS) is 16.2. The molecule has 3 unspecified atom stereocenters. The Morgan fingerprint density at radius 3 is 2.61 bits per heavy atom. The van der Waals surface area contributed by atoms with Crippen molar-refractivity contribution in [2.24, 2.45) is 0 Å². The van der Waals surface area contributed by atoms with Crippen molar-refractivity contribution in [1.82, 2.24) is 5.32 Å². The third-order valence-corrected chi connectivity index (χ3v) is 4.59. The molecular formula is C14H23NO2S. The van der Waals surface area contributed by atoms with Crippen molar-refractivity contribution in [2.45, 2.75) is 38.5 Å². The van der Waals surface area contributed by atoms with Crippen LogP contribution in [0.5, 0.6) is 5.75 Å². The van der Waals surface area contributed by atoms with Gasteiger partial charge in [-0.05, 0) is 38.4 Å². The monoisotopic (exact) mass is 269 g/mol. The van der Waals surface area contributed by atoms with Gasteiger partial charge in [-0.3, -0.25) is 4.21 Å². The van der Waals surface area contributed by atoms with Gasteiger partial charge in [-0.2, -0.15) is 0 Å². The number of aromatic hydroxyl groups is 1. The first-order valence-electron chi connectivity index (χ1n) is 6.27. The van der Waals surface area contributed by atoms with Crippen LogP contribution < -0.4 is 5.32 Å². The predicted octanol–water partition coefficient (Wildman–Crippen LogP) is 2.51. The van der Waals surface area contributed by atoms with Crippen molar-refractivity contribution in [3.8, 4) is 5.75 Å². The van der Waals surface area contributed by atoms with Gasteiger partial charge in [0, 0.05) is 33.9 Å². The lowest BCUT2D eigenvalue weighted by Crippen LogP contribution is -2.24. The van der Waals surface area contributed by atoms with Crippen molar-refractivity contribution in [2.75, 3.05) is 12.8 Å². The van der Waals surface area contributed by atoms with Gasteiger partial charge in [-0.15, -0.1) is 0 Å². The van der Waals surface area contributed by atoms with E-state index in [0.29, 0.717) is 5.75 Å². The average Bonchev–Trinajstić information content (AvgIpc) is 2.28. The Balaban J connectivity index is 2.50.